The van der Waals surface area contributed by atoms with Crippen LogP contribution >= 0.6 is 0 Å². The van der Waals surface area contributed by atoms with Gasteiger partial charge in [-0.1, -0.05) is 30.3 Å². The second-order valence-corrected chi connectivity index (χ2v) is 6.19. The second kappa shape index (κ2) is 5.83. The number of benzene rings is 1. The molecule has 1 aliphatic rings. The van der Waals surface area contributed by atoms with Gasteiger partial charge in [-0.3, -0.25) is 0 Å². The lowest BCUT2D eigenvalue weighted by Gasteiger charge is -2.36. The molecule has 3 rings (SSSR count). The van der Waals surface area contributed by atoms with Gasteiger partial charge in [0.25, 0.3) is 0 Å². The molecule has 6 heteroatoms. The summed E-state index contributed by atoms with van der Waals surface area (Å²) in [5.74, 6) is 0.508. The molecule has 3 nitrogen and oxygen atoms in total. The summed E-state index contributed by atoms with van der Waals surface area (Å²) in [7, 11) is 0. The SMILES string of the molecule is C[C@@]1(Cc2ccccc2)CCCN1c1ccc(C(F)(F)F)nn1. The van der Waals surface area contributed by atoms with Gasteiger partial charge in [-0.15, -0.1) is 10.2 Å². The van der Waals surface area contributed by atoms with Crippen LogP contribution in [0.25, 0.3) is 0 Å². The zero-order valence-electron chi connectivity index (χ0n) is 12.8. The topological polar surface area (TPSA) is 29.0 Å². The average Bonchev–Trinajstić information content (AvgIpc) is 2.89. The van der Waals surface area contributed by atoms with Crippen LogP contribution in [0.2, 0.25) is 0 Å². The molecule has 0 amide bonds. The first-order valence-corrected chi connectivity index (χ1v) is 7.61. The van der Waals surface area contributed by atoms with E-state index in [9.17, 15) is 13.2 Å². The van der Waals surface area contributed by atoms with E-state index in [1.807, 2.05) is 18.2 Å². The van der Waals surface area contributed by atoms with Crippen LogP contribution in [-0.2, 0) is 12.6 Å². The molecule has 1 fully saturated rings. The van der Waals surface area contributed by atoms with Crippen LogP contribution < -0.4 is 4.90 Å². The van der Waals surface area contributed by atoms with Gasteiger partial charge in [-0.05, 0) is 43.9 Å². The Bertz CT molecular complexity index is 655. The molecule has 2 aromatic rings. The summed E-state index contributed by atoms with van der Waals surface area (Å²) >= 11 is 0. The van der Waals surface area contributed by atoms with E-state index in [0.29, 0.717) is 5.82 Å². The number of rotatable bonds is 3. The first-order chi connectivity index (χ1) is 10.9. The molecule has 1 aromatic carbocycles. The summed E-state index contributed by atoms with van der Waals surface area (Å²) in [6.07, 6.45) is -1.66. The van der Waals surface area contributed by atoms with Crippen molar-refractivity contribution in [2.75, 3.05) is 11.4 Å². The fourth-order valence-electron chi connectivity index (χ4n) is 3.25. The fraction of sp³-hybridized carbons (Fsp3) is 0.412. The maximum absolute atomic E-state index is 12.6. The summed E-state index contributed by atoms with van der Waals surface area (Å²) in [5.41, 5.74) is 0.0995. The van der Waals surface area contributed by atoms with E-state index in [0.717, 1.165) is 31.9 Å². The minimum atomic E-state index is -4.45. The van der Waals surface area contributed by atoms with Gasteiger partial charge >= 0.3 is 6.18 Å². The first-order valence-electron chi connectivity index (χ1n) is 7.61. The van der Waals surface area contributed by atoms with Gasteiger partial charge in [0, 0.05) is 12.1 Å². The standard InChI is InChI=1S/C17H18F3N3/c1-16(12-13-6-3-2-4-7-13)10-5-11-23(16)15-9-8-14(21-22-15)17(18,19)20/h2-4,6-9H,5,10-12H2,1H3/t16-/m0/s1. The maximum atomic E-state index is 12.6. The van der Waals surface area contributed by atoms with E-state index in [4.69, 9.17) is 0 Å². The molecule has 1 aliphatic heterocycles. The van der Waals surface area contributed by atoms with Crippen molar-refractivity contribution in [2.24, 2.45) is 0 Å². The van der Waals surface area contributed by atoms with E-state index >= 15 is 0 Å². The lowest BCUT2D eigenvalue weighted by molar-refractivity contribution is -0.141. The highest BCUT2D eigenvalue weighted by Gasteiger charge is 2.38. The number of halogens is 3. The summed E-state index contributed by atoms with van der Waals surface area (Å²) < 4.78 is 37.9. The third-order valence-corrected chi connectivity index (χ3v) is 4.39. The Morgan fingerprint density at radius 1 is 1.09 bits per heavy atom. The quantitative estimate of drug-likeness (QED) is 0.852. The molecule has 122 valence electrons. The van der Waals surface area contributed by atoms with Gasteiger partial charge in [0.2, 0.25) is 0 Å². The Labute approximate surface area is 133 Å². The molecular formula is C17H18F3N3. The smallest absolute Gasteiger partial charge is 0.349 e. The zero-order chi connectivity index (χ0) is 16.5. The molecule has 2 heterocycles. The van der Waals surface area contributed by atoms with E-state index in [-0.39, 0.29) is 5.54 Å². The van der Waals surface area contributed by atoms with Gasteiger partial charge in [0.05, 0.1) is 0 Å². The summed E-state index contributed by atoms with van der Waals surface area (Å²) in [4.78, 5) is 2.08. The van der Waals surface area contributed by atoms with Crippen molar-refractivity contribution < 1.29 is 13.2 Å². The monoisotopic (exact) mass is 321 g/mol. The van der Waals surface area contributed by atoms with Crippen LogP contribution in [0.15, 0.2) is 42.5 Å². The molecule has 0 aliphatic carbocycles. The predicted molar refractivity (Wildman–Crippen MR) is 82.2 cm³/mol. The fourth-order valence-corrected chi connectivity index (χ4v) is 3.25. The number of anilines is 1. The van der Waals surface area contributed by atoms with Crippen molar-refractivity contribution in [2.45, 2.75) is 37.9 Å². The van der Waals surface area contributed by atoms with Crippen molar-refractivity contribution in [1.82, 2.24) is 10.2 Å². The normalized spacial score (nSPS) is 21.7. The largest absolute Gasteiger partial charge is 0.435 e. The Kier molecular flexibility index (Phi) is 4.00. The molecule has 1 atom stereocenters. The highest BCUT2D eigenvalue weighted by molar-refractivity contribution is 5.44. The summed E-state index contributed by atoms with van der Waals surface area (Å²) in [6.45, 7) is 2.91. The number of alkyl halides is 3. The summed E-state index contributed by atoms with van der Waals surface area (Å²) in [6, 6.07) is 12.5. The second-order valence-electron chi connectivity index (χ2n) is 6.19. The number of hydrogen-bond acceptors (Lipinski definition) is 3. The zero-order valence-corrected chi connectivity index (χ0v) is 12.8. The van der Waals surface area contributed by atoms with Crippen LogP contribution in [0.3, 0.4) is 0 Å². The van der Waals surface area contributed by atoms with E-state index in [1.165, 1.54) is 11.6 Å². The van der Waals surface area contributed by atoms with Crippen LogP contribution in [0.1, 0.15) is 31.0 Å². The highest BCUT2D eigenvalue weighted by atomic mass is 19.4. The number of hydrogen-bond donors (Lipinski definition) is 0. The lowest BCUT2D eigenvalue weighted by Crippen LogP contribution is -2.43. The Balaban J connectivity index is 1.83. The molecule has 0 unspecified atom stereocenters. The Morgan fingerprint density at radius 3 is 2.43 bits per heavy atom. The number of nitrogens with zero attached hydrogens (tertiary/aromatic N) is 3. The van der Waals surface area contributed by atoms with Gasteiger partial charge in [-0.25, -0.2) is 0 Å². The Morgan fingerprint density at radius 2 is 1.83 bits per heavy atom. The van der Waals surface area contributed by atoms with Crippen molar-refractivity contribution in [3.63, 3.8) is 0 Å². The van der Waals surface area contributed by atoms with Crippen molar-refractivity contribution in [3.8, 4) is 0 Å². The lowest BCUT2D eigenvalue weighted by atomic mass is 9.90. The summed E-state index contributed by atoms with van der Waals surface area (Å²) in [5, 5.41) is 7.17. The Hall–Kier alpha value is -2.11. The minimum absolute atomic E-state index is 0.157. The van der Waals surface area contributed by atoms with Crippen LogP contribution in [0.4, 0.5) is 19.0 Å². The maximum Gasteiger partial charge on any atom is 0.435 e. The molecule has 0 saturated carbocycles. The molecule has 0 bridgehead atoms. The molecule has 1 aromatic heterocycles. The van der Waals surface area contributed by atoms with Gasteiger partial charge < -0.3 is 4.90 Å². The minimum Gasteiger partial charge on any atom is -0.349 e. The molecule has 23 heavy (non-hydrogen) atoms. The van der Waals surface area contributed by atoms with Crippen molar-refractivity contribution >= 4 is 5.82 Å². The molecule has 0 radical (unpaired) electrons. The van der Waals surface area contributed by atoms with Gasteiger partial charge in [0.15, 0.2) is 11.5 Å². The number of aromatic nitrogens is 2. The average molecular weight is 321 g/mol. The van der Waals surface area contributed by atoms with E-state index in [1.54, 1.807) is 0 Å². The van der Waals surface area contributed by atoms with Gasteiger partial charge in [0.1, 0.15) is 0 Å². The van der Waals surface area contributed by atoms with Crippen molar-refractivity contribution in [1.29, 1.82) is 0 Å². The highest BCUT2D eigenvalue weighted by Crippen LogP contribution is 2.36. The van der Waals surface area contributed by atoms with E-state index < -0.39 is 11.9 Å². The first kappa shape index (κ1) is 15.8. The third-order valence-electron chi connectivity index (χ3n) is 4.39. The van der Waals surface area contributed by atoms with E-state index in [2.05, 4.69) is 34.2 Å². The molecular weight excluding hydrogens is 303 g/mol. The van der Waals surface area contributed by atoms with Crippen LogP contribution in [-0.4, -0.2) is 22.3 Å². The van der Waals surface area contributed by atoms with Crippen LogP contribution in [0, 0.1) is 0 Å². The molecule has 0 N–H and O–H groups in total. The molecule has 1 saturated heterocycles. The molecule has 0 spiro atoms. The third kappa shape index (κ3) is 3.30. The predicted octanol–water partition coefficient (Wildman–Crippen LogP) is 4.10. The van der Waals surface area contributed by atoms with Crippen molar-refractivity contribution in [3.05, 3.63) is 53.7 Å². The van der Waals surface area contributed by atoms with Gasteiger partial charge in [-0.2, -0.15) is 13.2 Å². The van der Waals surface area contributed by atoms with Crippen LogP contribution in [0.5, 0.6) is 0 Å².